The molecule has 0 radical (unpaired) electrons. The molecule has 0 aromatic carbocycles. The standard InChI is InChI=1S/C17H34N2/c1-12-7-13(2)9-14(8-12)18-15-10-16(3,4)19-17(5,6)11-15/h12-15,18-19H,7-11H2,1-6H3. The third kappa shape index (κ3) is 4.46. The van der Waals surface area contributed by atoms with Crippen molar-refractivity contribution in [2.24, 2.45) is 11.8 Å². The van der Waals surface area contributed by atoms with Gasteiger partial charge in [0.05, 0.1) is 0 Å². The van der Waals surface area contributed by atoms with Crippen molar-refractivity contribution in [2.75, 3.05) is 0 Å². The first-order valence-electron chi connectivity index (χ1n) is 8.21. The maximum Gasteiger partial charge on any atom is 0.0144 e. The van der Waals surface area contributed by atoms with Crippen LogP contribution in [0.1, 0.15) is 73.6 Å². The summed E-state index contributed by atoms with van der Waals surface area (Å²) in [6.07, 6.45) is 6.65. The van der Waals surface area contributed by atoms with Gasteiger partial charge in [-0.25, -0.2) is 0 Å². The molecule has 2 fully saturated rings. The molecule has 2 N–H and O–H groups in total. The molecule has 0 aromatic heterocycles. The van der Waals surface area contributed by atoms with Gasteiger partial charge in [-0.15, -0.1) is 0 Å². The molecule has 2 atom stereocenters. The van der Waals surface area contributed by atoms with Gasteiger partial charge in [0.25, 0.3) is 0 Å². The van der Waals surface area contributed by atoms with E-state index in [1.165, 1.54) is 32.1 Å². The zero-order chi connectivity index (χ0) is 14.3. The molecule has 2 unspecified atom stereocenters. The fourth-order valence-electron chi connectivity index (χ4n) is 4.86. The minimum atomic E-state index is 0.255. The van der Waals surface area contributed by atoms with Crippen molar-refractivity contribution in [1.29, 1.82) is 0 Å². The van der Waals surface area contributed by atoms with E-state index in [1.54, 1.807) is 0 Å². The van der Waals surface area contributed by atoms with Gasteiger partial charge in [-0.05, 0) is 71.6 Å². The van der Waals surface area contributed by atoms with Crippen LogP contribution in [0.25, 0.3) is 0 Å². The summed E-state index contributed by atoms with van der Waals surface area (Å²) < 4.78 is 0. The summed E-state index contributed by atoms with van der Waals surface area (Å²) in [7, 11) is 0. The monoisotopic (exact) mass is 266 g/mol. The zero-order valence-electron chi connectivity index (χ0n) is 13.8. The molecule has 1 aliphatic heterocycles. The third-order valence-electron chi connectivity index (χ3n) is 4.84. The summed E-state index contributed by atoms with van der Waals surface area (Å²) >= 11 is 0. The molecule has 0 bridgehead atoms. The predicted octanol–water partition coefficient (Wildman–Crippen LogP) is 3.71. The highest BCUT2D eigenvalue weighted by molar-refractivity contribution is 5.00. The van der Waals surface area contributed by atoms with Crippen LogP contribution in [0.5, 0.6) is 0 Å². The van der Waals surface area contributed by atoms with Crippen LogP contribution in [0, 0.1) is 11.8 Å². The number of nitrogens with one attached hydrogen (secondary N) is 2. The molecule has 1 saturated heterocycles. The second-order valence-corrected chi connectivity index (χ2v) is 8.78. The van der Waals surface area contributed by atoms with Crippen LogP contribution in [0.15, 0.2) is 0 Å². The quantitative estimate of drug-likeness (QED) is 0.796. The molecular formula is C17H34N2. The molecule has 0 aromatic rings. The molecule has 2 nitrogen and oxygen atoms in total. The maximum atomic E-state index is 3.99. The zero-order valence-corrected chi connectivity index (χ0v) is 13.8. The molecule has 1 heterocycles. The van der Waals surface area contributed by atoms with Crippen LogP contribution in [-0.4, -0.2) is 23.2 Å². The Hall–Kier alpha value is -0.0800. The lowest BCUT2D eigenvalue weighted by Gasteiger charge is -2.48. The number of hydrogen-bond acceptors (Lipinski definition) is 2. The molecule has 2 aliphatic rings. The van der Waals surface area contributed by atoms with Gasteiger partial charge in [-0.2, -0.15) is 0 Å². The highest BCUT2D eigenvalue weighted by atomic mass is 15.1. The van der Waals surface area contributed by atoms with Gasteiger partial charge in [0.15, 0.2) is 0 Å². The average molecular weight is 266 g/mol. The summed E-state index contributed by atoms with van der Waals surface area (Å²) in [5.41, 5.74) is 0.511. The maximum absolute atomic E-state index is 3.99. The highest BCUT2D eigenvalue weighted by Gasteiger charge is 2.38. The van der Waals surface area contributed by atoms with Gasteiger partial charge < -0.3 is 10.6 Å². The van der Waals surface area contributed by atoms with Gasteiger partial charge >= 0.3 is 0 Å². The molecule has 0 amide bonds. The molecule has 1 saturated carbocycles. The van der Waals surface area contributed by atoms with E-state index in [0.717, 1.165) is 17.9 Å². The van der Waals surface area contributed by atoms with Crippen LogP contribution in [0.4, 0.5) is 0 Å². The first-order valence-corrected chi connectivity index (χ1v) is 8.21. The Kier molecular flexibility index (Phi) is 4.32. The normalized spacial score (nSPS) is 39.2. The summed E-state index contributed by atoms with van der Waals surface area (Å²) in [6, 6.07) is 1.42. The van der Waals surface area contributed by atoms with Gasteiger partial charge in [0.2, 0.25) is 0 Å². The Balaban J connectivity index is 1.94. The van der Waals surface area contributed by atoms with Gasteiger partial charge in [-0.3, -0.25) is 0 Å². The van der Waals surface area contributed by atoms with Crippen LogP contribution in [-0.2, 0) is 0 Å². The second kappa shape index (κ2) is 5.37. The van der Waals surface area contributed by atoms with E-state index in [0.29, 0.717) is 6.04 Å². The fraction of sp³-hybridized carbons (Fsp3) is 1.00. The van der Waals surface area contributed by atoms with Gasteiger partial charge in [-0.1, -0.05) is 13.8 Å². The second-order valence-electron chi connectivity index (χ2n) is 8.78. The van der Waals surface area contributed by atoms with Crippen molar-refractivity contribution in [1.82, 2.24) is 10.6 Å². The lowest BCUT2D eigenvalue weighted by molar-refractivity contribution is 0.125. The van der Waals surface area contributed by atoms with Crippen molar-refractivity contribution in [3.63, 3.8) is 0 Å². The third-order valence-corrected chi connectivity index (χ3v) is 4.84. The molecular weight excluding hydrogens is 232 g/mol. The number of hydrogen-bond donors (Lipinski definition) is 2. The van der Waals surface area contributed by atoms with Crippen LogP contribution in [0.2, 0.25) is 0 Å². The van der Waals surface area contributed by atoms with Crippen molar-refractivity contribution in [3.05, 3.63) is 0 Å². The van der Waals surface area contributed by atoms with E-state index < -0.39 is 0 Å². The minimum Gasteiger partial charge on any atom is -0.311 e. The van der Waals surface area contributed by atoms with Crippen molar-refractivity contribution < 1.29 is 0 Å². The summed E-state index contributed by atoms with van der Waals surface area (Å²) in [5.74, 6) is 1.79. The molecule has 2 rings (SSSR count). The van der Waals surface area contributed by atoms with E-state index in [2.05, 4.69) is 52.2 Å². The summed E-state index contributed by atoms with van der Waals surface area (Å²) in [4.78, 5) is 0. The van der Waals surface area contributed by atoms with Crippen molar-refractivity contribution in [3.8, 4) is 0 Å². The first-order chi connectivity index (χ1) is 8.65. The first kappa shape index (κ1) is 15.3. The van der Waals surface area contributed by atoms with E-state index in [9.17, 15) is 0 Å². The summed E-state index contributed by atoms with van der Waals surface area (Å²) in [6.45, 7) is 14.2. The Morgan fingerprint density at radius 1 is 0.789 bits per heavy atom. The molecule has 19 heavy (non-hydrogen) atoms. The Labute approximate surface area is 120 Å². The topological polar surface area (TPSA) is 24.1 Å². The van der Waals surface area contributed by atoms with Gasteiger partial charge in [0, 0.05) is 23.2 Å². The fourth-order valence-corrected chi connectivity index (χ4v) is 4.86. The molecule has 112 valence electrons. The van der Waals surface area contributed by atoms with E-state index in [4.69, 9.17) is 0 Å². The van der Waals surface area contributed by atoms with Crippen molar-refractivity contribution in [2.45, 2.75) is 96.8 Å². The predicted molar refractivity (Wildman–Crippen MR) is 83.4 cm³/mol. The number of piperidine rings is 1. The van der Waals surface area contributed by atoms with Crippen LogP contribution < -0.4 is 10.6 Å². The lowest BCUT2D eigenvalue weighted by atomic mass is 9.77. The summed E-state index contributed by atoms with van der Waals surface area (Å²) in [5, 5.41) is 7.77. The number of rotatable bonds is 2. The Morgan fingerprint density at radius 3 is 1.74 bits per heavy atom. The van der Waals surface area contributed by atoms with E-state index in [1.807, 2.05) is 0 Å². The molecule has 0 spiro atoms. The smallest absolute Gasteiger partial charge is 0.0144 e. The Bertz CT molecular complexity index is 282. The Morgan fingerprint density at radius 2 is 1.26 bits per heavy atom. The highest BCUT2D eigenvalue weighted by Crippen LogP contribution is 2.32. The van der Waals surface area contributed by atoms with E-state index in [-0.39, 0.29) is 11.1 Å². The largest absolute Gasteiger partial charge is 0.311 e. The van der Waals surface area contributed by atoms with E-state index >= 15 is 0 Å². The average Bonchev–Trinajstić information content (AvgIpc) is 2.08. The van der Waals surface area contributed by atoms with Crippen molar-refractivity contribution >= 4 is 0 Å². The van der Waals surface area contributed by atoms with Gasteiger partial charge in [0.1, 0.15) is 0 Å². The molecule has 2 heteroatoms. The van der Waals surface area contributed by atoms with Crippen LogP contribution >= 0.6 is 0 Å². The molecule has 1 aliphatic carbocycles. The van der Waals surface area contributed by atoms with Crippen LogP contribution in [0.3, 0.4) is 0 Å². The lowest BCUT2D eigenvalue weighted by Crippen LogP contribution is -2.62. The minimum absolute atomic E-state index is 0.255. The SMILES string of the molecule is CC1CC(C)CC(NC2CC(C)(C)NC(C)(C)C2)C1.